The summed E-state index contributed by atoms with van der Waals surface area (Å²) >= 11 is 18.6. The summed E-state index contributed by atoms with van der Waals surface area (Å²) in [6, 6.07) is 7.25. The molecule has 5 nitrogen and oxygen atoms in total. The molecule has 1 aromatic heterocycles. The topological polar surface area (TPSA) is 58.3 Å². The van der Waals surface area contributed by atoms with Gasteiger partial charge in [-0.2, -0.15) is 4.98 Å². The summed E-state index contributed by atoms with van der Waals surface area (Å²) in [5.41, 5.74) is 1.54. The average molecular weight is 401 g/mol. The SMILES string of the molecule is NN(CCN1CCCC1)c1cc(Cc2c(Cl)cccc2Cl)nc(Cl)n1. The number of likely N-dealkylation sites (tertiary alicyclic amines) is 1. The van der Waals surface area contributed by atoms with Crippen LogP contribution in [0.4, 0.5) is 5.82 Å². The van der Waals surface area contributed by atoms with Gasteiger partial charge in [-0.15, -0.1) is 0 Å². The number of aromatic nitrogens is 2. The van der Waals surface area contributed by atoms with Crippen LogP contribution in [0, 0.1) is 0 Å². The van der Waals surface area contributed by atoms with Gasteiger partial charge in [0.1, 0.15) is 5.82 Å². The highest BCUT2D eigenvalue weighted by atomic mass is 35.5. The second-order valence-corrected chi connectivity index (χ2v) is 7.26. The molecular formula is C17H20Cl3N5. The minimum Gasteiger partial charge on any atom is -0.302 e. The molecule has 134 valence electrons. The zero-order valence-electron chi connectivity index (χ0n) is 13.8. The molecule has 0 aliphatic carbocycles. The Bertz CT molecular complexity index is 714. The Morgan fingerprint density at radius 1 is 1.08 bits per heavy atom. The lowest BCUT2D eigenvalue weighted by Gasteiger charge is -2.22. The van der Waals surface area contributed by atoms with Crippen LogP contribution in [0.15, 0.2) is 24.3 Å². The molecular weight excluding hydrogens is 381 g/mol. The third kappa shape index (κ3) is 4.96. The van der Waals surface area contributed by atoms with Gasteiger partial charge >= 0.3 is 0 Å². The quantitative estimate of drug-likeness (QED) is 0.454. The molecule has 0 saturated carbocycles. The summed E-state index contributed by atoms with van der Waals surface area (Å²) in [7, 11) is 0. The average Bonchev–Trinajstić information content (AvgIpc) is 3.09. The van der Waals surface area contributed by atoms with Gasteiger partial charge in [0, 0.05) is 35.6 Å². The van der Waals surface area contributed by atoms with Crippen molar-refractivity contribution in [2.24, 2.45) is 5.84 Å². The molecule has 0 atom stereocenters. The standard InChI is InChI=1S/C17H20Cl3N5/c18-14-4-3-5-15(19)13(14)10-12-11-16(23-17(20)22-12)25(21)9-8-24-6-1-2-7-24/h3-5,11H,1-2,6-10,21H2. The van der Waals surface area contributed by atoms with Gasteiger partial charge in [0.05, 0.1) is 5.69 Å². The van der Waals surface area contributed by atoms with E-state index in [4.69, 9.17) is 40.6 Å². The van der Waals surface area contributed by atoms with E-state index in [9.17, 15) is 0 Å². The van der Waals surface area contributed by atoms with E-state index < -0.39 is 0 Å². The van der Waals surface area contributed by atoms with E-state index in [-0.39, 0.29) is 5.28 Å². The number of hydrazine groups is 1. The first-order valence-corrected chi connectivity index (χ1v) is 9.37. The maximum Gasteiger partial charge on any atom is 0.224 e. The van der Waals surface area contributed by atoms with Gasteiger partial charge in [0.2, 0.25) is 5.28 Å². The first-order chi connectivity index (χ1) is 12.0. The van der Waals surface area contributed by atoms with Crippen LogP contribution in [0.25, 0.3) is 0 Å². The molecule has 1 fully saturated rings. The number of anilines is 1. The summed E-state index contributed by atoms with van der Waals surface area (Å²) in [4.78, 5) is 10.9. The second-order valence-electron chi connectivity index (χ2n) is 6.11. The van der Waals surface area contributed by atoms with Crippen molar-refractivity contribution in [1.82, 2.24) is 14.9 Å². The molecule has 0 spiro atoms. The van der Waals surface area contributed by atoms with E-state index in [1.54, 1.807) is 17.1 Å². The van der Waals surface area contributed by atoms with E-state index in [1.165, 1.54) is 12.8 Å². The normalized spacial score (nSPS) is 14.9. The number of nitrogens with two attached hydrogens (primary N) is 1. The molecule has 2 aromatic rings. The third-order valence-electron chi connectivity index (χ3n) is 4.31. The van der Waals surface area contributed by atoms with Crippen LogP contribution in [0.2, 0.25) is 15.3 Å². The van der Waals surface area contributed by atoms with E-state index in [1.807, 2.05) is 12.1 Å². The van der Waals surface area contributed by atoms with Crippen LogP contribution in [0.1, 0.15) is 24.1 Å². The van der Waals surface area contributed by atoms with E-state index in [0.717, 1.165) is 30.9 Å². The van der Waals surface area contributed by atoms with E-state index >= 15 is 0 Å². The Balaban J connectivity index is 1.73. The van der Waals surface area contributed by atoms with Crippen molar-refractivity contribution in [2.45, 2.75) is 19.3 Å². The molecule has 0 unspecified atom stereocenters. The maximum atomic E-state index is 6.24. The lowest BCUT2D eigenvalue weighted by Crippen LogP contribution is -2.39. The van der Waals surface area contributed by atoms with Gasteiger partial charge < -0.3 is 4.90 Å². The van der Waals surface area contributed by atoms with Crippen LogP contribution >= 0.6 is 34.8 Å². The minimum atomic E-state index is 0.160. The van der Waals surface area contributed by atoms with Gasteiger partial charge in [-0.25, -0.2) is 10.8 Å². The molecule has 0 bridgehead atoms. The van der Waals surface area contributed by atoms with Crippen LogP contribution in [-0.2, 0) is 6.42 Å². The molecule has 1 saturated heterocycles. The number of hydrogen-bond donors (Lipinski definition) is 1. The van der Waals surface area contributed by atoms with Gasteiger partial charge in [-0.3, -0.25) is 5.01 Å². The number of nitrogens with zero attached hydrogens (tertiary/aromatic N) is 4. The summed E-state index contributed by atoms with van der Waals surface area (Å²) < 4.78 is 0. The third-order valence-corrected chi connectivity index (χ3v) is 5.19. The number of rotatable bonds is 6. The van der Waals surface area contributed by atoms with Gasteiger partial charge in [0.15, 0.2) is 0 Å². The Morgan fingerprint density at radius 3 is 2.44 bits per heavy atom. The zero-order valence-corrected chi connectivity index (χ0v) is 16.0. The highest BCUT2D eigenvalue weighted by Crippen LogP contribution is 2.27. The fraction of sp³-hybridized carbons (Fsp3) is 0.412. The van der Waals surface area contributed by atoms with Crippen molar-refractivity contribution in [1.29, 1.82) is 0 Å². The summed E-state index contributed by atoms with van der Waals surface area (Å²) in [6.45, 7) is 3.85. The first-order valence-electron chi connectivity index (χ1n) is 8.24. The molecule has 0 amide bonds. The Hall–Kier alpha value is -1.11. The Labute approximate surface area is 162 Å². The number of halogens is 3. The molecule has 8 heteroatoms. The highest BCUT2D eigenvalue weighted by Gasteiger charge is 2.15. The molecule has 0 radical (unpaired) electrons. The number of hydrogen-bond acceptors (Lipinski definition) is 5. The second kappa shape index (κ2) is 8.52. The summed E-state index contributed by atoms with van der Waals surface area (Å²) in [5, 5.41) is 2.97. The minimum absolute atomic E-state index is 0.160. The predicted molar refractivity (Wildman–Crippen MR) is 104 cm³/mol. The first kappa shape index (κ1) is 18.7. The molecule has 3 rings (SSSR count). The van der Waals surface area contributed by atoms with Gasteiger partial charge in [0.25, 0.3) is 0 Å². The van der Waals surface area contributed by atoms with Crippen molar-refractivity contribution in [3.05, 3.63) is 50.9 Å². The summed E-state index contributed by atoms with van der Waals surface area (Å²) in [5.74, 6) is 6.76. The van der Waals surface area contributed by atoms with Gasteiger partial charge in [-0.05, 0) is 55.2 Å². The molecule has 1 aliphatic rings. The molecule has 2 N–H and O–H groups in total. The van der Waals surface area contributed by atoms with Crippen molar-refractivity contribution in [3.8, 4) is 0 Å². The monoisotopic (exact) mass is 399 g/mol. The Morgan fingerprint density at radius 2 is 1.76 bits per heavy atom. The highest BCUT2D eigenvalue weighted by molar-refractivity contribution is 6.36. The van der Waals surface area contributed by atoms with Crippen LogP contribution in [0.5, 0.6) is 0 Å². The lowest BCUT2D eigenvalue weighted by atomic mass is 10.1. The zero-order chi connectivity index (χ0) is 17.8. The fourth-order valence-corrected chi connectivity index (χ4v) is 3.67. The molecule has 25 heavy (non-hydrogen) atoms. The van der Waals surface area contributed by atoms with Crippen LogP contribution in [0.3, 0.4) is 0 Å². The van der Waals surface area contributed by atoms with Gasteiger partial charge in [-0.1, -0.05) is 29.3 Å². The fourth-order valence-electron chi connectivity index (χ4n) is 2.94. The largest absolute Gasteiger partial charge is 0.302 e. The number of benzene rings is 1. The summed E-state index contributed by atoms with van der Waals surface area (Å²) in [6.07, 6.45) is 2.98. The Kier molecular flexibility index (Phi) is 6.36. The van der Waals surface area contributed by atoms with E-state index in [2.05, 4.69) is 14.9 Å². The van der Waals surface area contributed by atoms with Crippen molar-refractivity contribution in [3.63, 3.8) is 0 Å². The molecule has 2 heterocycles. The molecule has 1 aromatic carbocycles. The van der Waals surface area contributed by atoms with Crippen molar-refractivity contribution >= 4 is 40.6 Å². The smallest absolute Gasteiger partial charge is 0.224 e. The van der Waals surface area contributed by atoms with E-state index in [0.29, 0.717) is 28.8 Å². The molecule has 1 aliphatic heterocycles. The van der Waals surface area contributed by atoms with Crippen molar-refractivity contribution in [2.75, 3.05) is 31.2 Å². The maximum absolute atomic E-state index is 6.24. The van der Waals surface area contributed by atoms with Crippen LogP contribution < -0.4 is 10.9 Å². The predicted octanol–water partition coefficient (Wildman–Crippen LogP) is 3.80. The lowest BCUT2D eigenvalue weighted by molar-refractivity contribution is 0.344. The van der Waals surface area contributed by atoms with Crippen LogP contribution in [-0.4, -0.2) is 41.0 Å². The van der Waals surface area contributed by atoms with Crippen molar-refractivity contribution < 1.29 is 0 Å².